The third-order valence-corrected chi connectivity index (χ3v) is 4.00. The molecule has 0 bridgehead atoms. The third-order valence-electron chi connectivity index (χ3n) is 4.00. The number of hydrogen-bond acceptors (Lipinski definition) is 2. The quantitative estimate of drug-likeness (QED) is 0.929. The van der Waals surface area contributed by atoms with E-state index in [1.165, 1.54) is 17.3 Å². The first-order chi connectivity index (χ1) is 9.43. The van der Waals surface area contributed by atoms with Crippen molar-refractivity contribution in [3.05, 3.63) is 52.1 Å². The van der Waals surface area contributed by atoms with Gasteiger partial charge in [-0.3, -0.25) is 4.68 Å². The van der Waals surface area contributed by atoms with Crippen molar-refractivity contribution < 1.29 is 4.39 Å². The molecule has 1 heterocycles. The number of nitrogens with one attached hydrogen (secondary N) is 1. The molecule has 0 saturated carbocycles. The molecule has 1 aromatic carbocycles. The summed E-state index contributed by atoms with van der Waals surface area (Å²) in [5.74, 6) is -0.155. The summed E-state index contributed by atoms with van der Waals surface area (Å²) in [6.45, 7) is 5.91. The van der Waals surface area contributed by atoms with Crippen LogP contribution in [0.5, 0.6) is 0 Å². The van der Waals surface area contributed by atoms with Crippen LogP contribution in [-0.2, 0) is 13.5 Å². The van der Waals surface area contributed by atoms with E-state index in [1.807, 2.05) is 37.8 Å². The van der Waals surface area contributed by atoms with Crippen molar-refractivity contribution in [3.8, 4) is 0 Å². The van der Waals surface area contributed by atoms with Crippen LogP contribution in [0.1, 0.15) is 34.1 Å². The highest BCUT2D eigenvalue weighted by Gasteiger charge is 2.17. The van der Waals surface area contributed by atoms with E-state index in [0.29, 0.717) is 5.56 Å². The molecule has 1 atom stereocenters. The third kappa shape index (κ3) is 2.75. The Morgan fingerprint density at radius 2 is 2.00 bits per heavy atom. The van der Waals surface area contributed by atoms with Gasteiger partial charge in [-0.25, -0.2) is 4.39 Å². The SMILES string of the molecule is CNC(Cc1c(C)nn(C)c1C)c1ccc(F)c(C)c1. The van der Waals surface area contributed by atoms with Gasteiger partial charge in [0.15, 0.2) is 0 Å². The Hall–Kier alpha value is -1.68. The molecule has 0 amide bonds. The van der Waals surface area contributed by atoms with Gasteiger partial charge in [0, 0.05) is 18.8 Å². The Morgan fingerprint density at radius 3 is 2.50 bits per heavy atom. The van der Waals surface area contributed by atoms with Crippen LogP contribution in [-0.4, -0.2) is 16.8 Å². The molecule has 4 heteroatoms. The van der Waals surface area contributed by atoms with Crippen LogP contribution in [0.25, 0.3) is 0 Å². The first-order valence-electron chi connectivity index (χ1n) is 6.86. The zero-order valence-electron chi connectivity index (χ0n) is 12.8. The van der Waals surface area contributed by atoms with E-state index in [0.717, 1.165) is 17.7 Å². The van der Waals surface area contributed by atoms with E-state index < -0.39 is 0 Å². The monoisotopic (exact) mass is 275 g/mol. The zero-order chi connectivity index (χ0) is 14.9. The summed E-state index contributed by atoms with van der Waals surface area (Å²) in [5.41, 5.74) is 5.29. The number of aromatic nitrogens is 2. The summed E-state index contributed by atoms with van der Waals surface area (Å²) in [4.78, 5) is 0. The molecular formula is C16H22FN3. The fourth-order valence-electron chi connectivity index (χ4n) is 2.59. The molecular weight excluding hydrogens is 253 g/mol. The van der Waals surface area contributed by atoms with E-state index in [4.69, 9.17) is 0 Å². The van der Waals surface area contributed by atoms with Crippen molar-refractivity contribution in [2.24, 2.45) is 7.05 Å². The maximum absolute atomic E-state index is 13.4. The minimum absolute atomic E-state index is 0.155. The van der Waals surface area contributed by atoms with Gasteiger partial charge >= 0.3 is 0 Å². The van der Waals surface area contributed by atoms with Gasteiger partial charge in [-0.15, -0.1) is 0 Å². The lowest BCUT2D eigenvalue weighted by Gasteiger charge is -2.18. The molecule has 0 radical (unpaired) electrons. The molecule has 0 saturated heterocycles. The van der Waals surface area contributed by atoms with Crippen LogP contribution in [0, 0.1) is 26.6 Å². The maximum atomic E-state index is 13.4. The van der Waals surface area contributed by atoms with Gasteiger partial charge in [-0.05, 0) is 57.0 Å². The molecule has 1 unspecified atom stereocenters. The number of aryl methyl sites for hydroxylation is 3. The second-order valence-corrected chi connectivity index (χ2v) is 5.33. The number of rotatable bonds is 4. The van der Waals surface area contributed by atoms with Crippen LogP contribution in [0.4, 0.5) is 4.39 Å². The van der Waals surface area contributed by atoms with Crippen LogP contribution in [0.3, 0.4) is 0 Å². The lowest BCUT2D eigenvalue weighted by atomic mass is 9.96. The molecule has 2 aromatic rings. The molecule has 0 fully saturated rings. The smallest absolute Gasteiger partial charge is 0.126 e. The number of nitrogens with zero attached hydrogens (tertiary/aromatic N) is 2. The summed E-state index contributed by atoms with van der Waals surface area (Å²) in [5, 5.41) is 7.77. The molecule has 108 valence electrons. The van der Waals surface area contributed by atoms with Gasteiger partial charge in [-0.1, -0.05) is 12.1 Å². The van der Waals surface area contributed by atoms with Crippen molar-refractivity contribution in [1.29, 1.82) is 0 Å². The molecule has 3 nitrogen and oxygen atoms in total. The minimum Gasteiger partial charge on any atom is -0.313 e. The number of hydrogen-bond donors (Lipinski definition) is 1. The molecule has 1 N–H and O–H groups in total. The molecule has 20 heavy (non-hydrogen) atoms. The highest BCUT2D eigenvalue weighted by Crippen LogP contribution is 2.23. The van der Waals surface area contributed by atoms with Gasteiger partial charge in [0.25, 0.3) is 0 Å². The van der Waals surface area contributed by atoms with Crippen molar-refractivity contribution >= 4 is 0 Å². The Balaban J connectivity index is 2.31. The van der Waals surface area contributed by atoms with Crippen LogP contribution >= 0.6 is 0 Å². The highest BCUT2D eigenvalue weighted by molar-refractivity contribution is 5.31. The highest BCUT2D eigenvalue weighted by atomic mass is 19.1. The molecule has 0 spiro atoms. The predicted octanol–water partition coefficient (Wildman–Crippen LogP) is 2.99. The fraction of sp³-hybridized carbons (Fsp3) is 0.438. The van der Waals surface area contributed by atoms with Crippen molar-refractivity contribution in [3.63, 3.8) is 0 Å². The van der Waals surface area contributed by atoms with E-state index in [9.17, 15) is 4.39 Å². The summed E-state index contributed by atoms with van der Waals surface area (Å²) in [6.07, 6.45) is 0.854. The topological polar surface area (TPSA) is 29.9 Å². The number of halogens is 1. The average Bonchev–Trinajstić information content (AvgIpc) is 2.65. The summed E-state index contributed by atoms with van der Waals surface area (Å²) >= 11 is 0. The fourth-order valence-corrected chi connectivity index (χ4v) is 2.59. The second-order valence-electron chi connectivity index (χ2n) is 5.33. The minimum atomic E-state index is -0.155. The van der Waals surface area contributed by atoms with Gasteiger partial charge in [0.05, 0.1) is 5.69 Å². The lowest BCUT2D eigenvalue weighted by molar-refractivity contribution is 0.580. The Labute approximate surface area is 119 Å². The average molecular weight is 275 g/mol. The van der Waals surface area contributed by atoms with Gasteiger partial charge in [-0.2, -0.15) is 5.10 Å². The standard InChI is InChI=1S/C16H22FN3/c1-10-8-13(6-7-15(10)17)16(18-4)9-14-11(2)19-20(5)12(14)3/h6-8,16,18H,9H2,1-5H3. The van der Waals surface area contributed by atoms with E-state index >= 15 is 0 Å². The van der Waals surface area contributed by atoms with E-state index in [1.54, 1.807) is 6.92 Å². The van der Waals surface area contributed by atoms with Crippen molar-refractivity contribution in [2.75, 3.05) is 7.05 Å². The Kier molecular flexibility index (Phi) is 4.23. The first-order valence-corrected chi connectivity index (χ1v) is 6.86. The number of likely N-dealkylation sites (N-methyl/N-ethyl adjacent to an activating group) is 1. The molecule has 0 aliphatic heterocycles. The van der Waals surface area contributed by atoms with E-state index in [2.05, 4.69) is 17.3 Å². The van der Waals surface area contributed by atoms with Gasteiger partial charge < -0.3 is 5.32 Å². The largest absolute Gasteiger partial charge is 0.313 e. The molecule has 2 rings (SSSR count). The van der Waals surface area contributed by atoms with Crippen molar-refractivity contribution in [1.82, 2.24) is 15.1 Å². The lowest BCUT2D eigenvalue weighted by Crippen LogP contribution is -2.19. The zero-order valence-corrected chi connectivity index (χ0v) is 12.8. The maximum Gasteiger partial charge on any atom is 0.126 e. The van der Waals surface area contributed by atoms with Gasteiger partial charge in [0.2, 0.25) is 0 Å². The van der Waals surface area contributed by atoms with Crippen LogP contribution in [0.2, 0.25) is 0 Å². The Bertz CT molecular complexity index is 616. The molecule has 0 aliphatic rings. The van der Waals surface area contributed by atoms with Crippen molar-refractivity contribution in [2.45, 2.75) is 33.2 Å². The first kappa shape index (κ1) is 14.7. The normalized spacial score (nSPS) is 12.7. The summed E-state index contributed by atoms with van der Waals surface area (Å²) in [7, 11) is 3.90. The number of benzene rings is 1. The van der Waals surface area contributed by atoms with Crippen LogP contribution < -0.4 is 5.32 Å². The van der Waals surface area contributed by atoms with Crippen LogP contribution in [0.15, 0.2) is 18.2 Å². The Morgan fingerprint density at radius 1 is 1.30 bits per heavy atom. The van der Waals surface area contributed by atoms with E-state index in [-0.39, 0.29) is 11.9 Å². The predicted molar refractivity (Wildman–Crippen MR) is 79.3 cm³/mol. The summed E-state index contributed by atoms with van der Waals surface area (Å²) < 4.78 is 15.3. The molecule has 1 aromatic heterocycles. The molecule has 0 aliphatic carbocycles. The van der Waals surface area contributed by atoms with Gasteiger partial charge in [0.1, 0.15) is 5.82 Å². The summed E-state index contributed by atoms with van der Waals surface area (Å²) in [6, 6.07) is 5.47. The second kappa shape index (κ2) is 5.75.